The smallest absolute Gasteiger partial charge is 0.308 e. The third-order valence-corrected chi connectivity index (χ3v) is 4.52. The van der Waals surface area contributed by atoms with Crippen molar-refractivity contribution in [3.05, 3.63) is 35.6 Å². The van der Waals surface area contributed by atoms with E-state index in [0.29, 0.717) is 24.9 Å². The van der Waals surface area contributed by atoms with Crippen molar-refractivity contribution >= 4 is 17.8 Å². The second kappa shape index (κ2) is 8.75. The summed E-state index contributed by atoms with van der Waals surface area (Å²) in [6.07, 6.45) is -0.292. The van der Waals surface area contributed by atoms with Crippen molar-refractivity contribution in [2.24, 2.45) is 5.92 Å². The molecule has 26 heavy (non-hydrogen) atoms. The number of amides is 2. The van der Waals surface area contributed by atoms with E-state index in [4.69, 9.17) is 5.11 Å². The van der Waals surface area contributed by atoms with Crippen LogP contribution >= 0.6 is 0 Å². The van der Waals surface area contributed by atoms with Crippen LogP contribution in [0.15, 0.2) is 24.3 Å². The zero-order valence-corrected chi connectivity index (χ0v) is 14.6. The minimum atomic E-state index is -1.16. The van der Waals surface area contributed by atoms with Gasteiger partial charge in [0.2, 0.25) is 11.8 Å². The molecular weight excluding hydrogens is 343 g/mol. The first-order valence-electron chi connectivity index (χ1n) is 8.46. The zero-order chi connectivity index (χ0) is 19.3. The van der Waals surface area contributed by atoms with Crippen molar-refractivity contribution in [2.75, 3.05) is 26.7 Å². The highest BCUT2D eigenvalue weighted by Crippen LogP contribution is 2.19. The fraction of sp³-hybridized carbons (Fsp3) is 0.500. The number of likely N-dealkylation sites (N-methyl/N-ethyl adjacent to an activating group) is 1. The van der Waals surface area contributed by atoms with Gasteiger partial charge in [-0.1, -0.05) is 12.1 Å². The molecule has 0 aromatic heterocycles. The predicted octanol–water partition coefficient (Wildman–Crippen LogP) is 1.03. The van der Waals surface area contributed by atoms with E-state index in [-0.39, 0.29) is 25.4 Å². The number of carbonyl (C=O) groups is 3. The number of rotatable bonds is 6. The van der Waals surface area contributed by atoms with E-state index in [0.717, 1.165) is 6.07 Å². The third-order valence-electron chi connectivity index (χ3n) is 4.52. The van der Waals surface area contributed by atoms with Crippen LogP contribution in [0.4, 0.5) is 4.39 Å². The van der Waals surface area contributed by atoms with Crippen LogP contribution in [0.3, 0.4) is 0 Å². The first-order chi connectivity index (χ1) is 12.3. The Labute approximate surface area is 151 Å². The molecule has 1 aromatic carbocycles. The SMILES string of the molecule is CN(CC(=O)N1CCCC(C(=O)O)C1)C(=O)CC(O)c1cccc(F)c1. The molecule has 1 aliphatic heterocycles. The van der Waals surface area contributed by atoms with Crippen molar-refractivity contribution in [1.29, 1.82) is 0 Å². The Hall–Kier alpha value is -2.48. The Kier molecular flexibility index (Phi) is 6.68. The summed E-state index contributed by atoms with van der Waals surface area (Å²) >= 11 is 0. The number of halogens is 1. The average Bonchev–Trinajstić information content (AvgIpc) is 2.61. The van der Waals surface area contributed by atoms with Gasteiger partial charge in [-0.25, -0.2) is 4.39 Å². The van der Waals surface area contributed by atoms with Crippen molar-refractivity contribution in [2.45, 2.75) is 25.4 Å². The minimum Gasteiger partial charge on any atom is -0.481 e. The summed E-state index contributed by atoms with van der Waals surface area (Å²) in [5.74, 6) is -2.79. The number of aliphatic hydroxyl groups is 1. The summed E-state index contributed by atoms with van der Waals surface area (Å²) in [6.45, 7) is 0.416. The van der Waals surface area contributed by atoms with Gasteiger partial charge in [0.1, 0.15) is 5.82 Å². The lowest BCUT2D eigenvalue weighted by Gasteiger charge is -2.32. The van der Waals surface area contributed by atoms with Crippen molar-refractivity contribution < 1.29 is 29.0 Å². The van der Waals surface area contributed by atoms with Crippen LogP contribution < -0.4 is 0 Å². The Morgan fingerprint density at radius 3 is 2.77 bits per heavy atom. The largest absolute Gasteiger partial charge is 0.481 e. The third kappa shape index (κ3) is 5.26. The van der Waals surface area contributed by atoms with Gasteiger partial charge in [-0.05, 0) is 30.5 Å². The molecule has 2 amide bonds. The summed E-state index contributed by atoms with van der Waals surface area (Å²) in [4.78, 5) is 38.2. The highest BCUT2D eigenvalue weighted by Gasteiger charge is 2.29. The lowest BCUT2D eigenvalue weighted by atomic mass is 9.98. The van der Waals surface area contributed by atoms with Gasteiger partial charge < -0.3 is 20.0 Å². The van der Waals surface area contributed by atoms with E-state index < -0.39 is 29.7 Å². The van der Waals surface area contributed by atoms with E-state index in [1.165, 1.54) is 35.0 Å². The molecule has 1 fully saturated rings. The van der Waals surface area contributed by atoms with Gasteiger partial charge in [0, 0.05) is 20.1 Å². The molecule has 1 heterocycles. The number of carboxylic acid groups (broad SMARTS) is 1. The second-order valence-electron chi connectivity index (χ2n) is 6.54. The fourth-order valence-electron chi connectivity index (χ4n) is 2.95. The summed E-state index contributed by atoms with van der Waals surface area (Å²) in [7, 11) is 1.44. The normalized spacial score (nSPS) is 18.3. The summed E-state index contributed by atoms with van der Waals surface area (Å²) in [5, 5.41) is 19.1. The predicted molar refractivity (Wildman–Crippen MR) is 90.6 cm³/mol. The standard InChI is InChI=1S/C18H23FN2O5/c1-20(11-17(24)21-7-3-5-13(10-21)18(25)26)16(23)9-15(22)12-4-2-6-14(19)8-12/h2,4,6,8,13,15,22H,3,5,7,9-11H2,1H3,(H,25,26). The maximum Gasteiger partial charge on any atom is 0.308 e. The fourth-order valence-corrected chi connectivity index (χ4v) is 2.95. The van der Waals surface area contributed by atoms with Gasteiger partial charge in [-0.3, -0.25) is 14.4 Å². The number of likely N-dealkylation sites (tertiary alicyclic amines) is 1. The van der Waals surface area contributed by atoms with Crippen LogP contribution in [0.2, 0.25) is 0 Å². The number of aliphatic carboxylic acids is 1. The number of hydrogen-bond acceptors (Lipinski definition) is 4. The molecule has 1 aliphatic rings. The molecule has 0 aliphatic carbocycles. The summed E-state index contributed by atoms with van der Waals surface area (Å²) in [6, 6.07) is 5.36. The van der Waals surface area contributed by atoms with Crippen LogP contribution in [-0.2, 0) is 14.4 Å². The topological polar surface area (TPSA) is 98.2 Å². The molecule has 0 bridgehead atoms. The molecule has 2 unspecified atom stereocenters. The van der Waals surface area contributed by atoms with Gasteiger partial charge in [-0.2, -0.15) is 0 Å². The molecule has 2 atom stereocenters. The van der Waals surface area contributed by atoms with E-state index >= 15 is 0 Å². The van der Waals surface area contributed by atoms with E-state index in [9.17, 15) is 23.9 Å². The van der Waals surface area contributed by atoms with Gasteiger partial charge >= 0.3 is 5.97 Å². The summed E-state index contributed by atoms with van der Waals surface area (Å²) in [5.41, 5.74) is 0.290. The van der Waals surface area contributed by atoms with Gasteiger partial charge in [0.25, 0.3) is 0 Å². The maximum absolute atomic E-state index is 13.2. The van der Waals surface area contributed by atoms with Crippen molar-refractivity contribution in [3.8, 4) is 0 Å². The lowest BCUT2D eigenvalue weighted by molar-refractivity contribution is -0.147. The number of hydrogen-bond donors (Lipinski definition) is 2. The van der Waals surface area contributed by atoms with E-state index in [1.54, 1.807) is 0 Å². The van der Waals surface area contributed by atoms with Gasteiger partial charge in [0.15, 0.2) is 0 Å². The molecule has 2 rings (SSSR count). The molecule has 1 aromatic rings. The quantitative estimate of drug-likeness (QED) is 0.784. The van der Waals surface area contributed by atoms with E-state index in [1.807, 2.05) is 0 Å². The molecular formula is C18H23FN2O5. The van der Waals surface area contributed by atoms with Crippen LogP contribution in [0, 0.1) is 11.7 Å². The number of carboxylic acids is 1. The monoisotopic (exact) mass is 366 g/mol. The first kappa shape index (κ1) is 19.8. The second-order valence-corrected chi connectivity index (χ2v) is 6.54. The molecule has 1 saturated heterocycles. The molecule has 7 nitrogen and oxygen atoms in total. The molecule has 2 N–H and O–H groups in total. The first-order valence-corrected chi connectivity index (χ1v) is 8.46. The molecule has 0 saturated carbocycles. The number of aliphatic hydroxyl groups excluding tert-OH is 1. The minimum absolute atomic E-state index is 0.141. The highest BCUT2D eigenvalue weighted by molar-refractivity contribution is 5.85. The Bertz CT molecular complexity index is 681. The average molecular weight is 366 g/mol. The number of nitrogens with zero attached hydrogens (tertiary/aromatic N) is 2. The molecule has 142 valence electrons. The van der Waals surface area contributed by atoms with Crippen LogP contribution in [-0.4, -0.2) is 64.5 Å². The van der Waals surface area contributed by atoms with Gasteiger partial charge in [-0.15, -0.1) is 0 Å². The number of benzene rings is 1. The van der Waals surface area contributed by atoms with Crippen LogP contribution in [0.5, 0.6) is 0 Å². The van der Waals surface area contributed by atoms with Crippen molar-refractivity contribution in [3.63, 3.8) is 0 Å². The van der Waals surface area contributed by atoms with Crippen molar-refractivity contribution in [1.82, 2.24) is 9.80 Å². The van der Waals surface area contributed by atoms with Crippen LogP contribution in [0.1, 0.15) is 30.9 Å². The number of piperidine rings is 1. The molecule has 0 spiro atoms. The maximum atomic E-state index is 13.2. The number of carbonyl (C=O) groups excluding carboxylic acids is 2. The zero-order valence-electron chi connectivity index (χ0n) is 14.6. The molecule has 8 heteroatoms. The Balaban J connectivity index is 1.88. The van der Waals surface area contributed by atoms with E-state index in [2.05, 4.69) is 0 Å². The summed E-state index contributed by atoms with van der Waals surface area (Å²) < 4.78 is 13.2. The Morgan fingerprint density at radius 2 is 2.12 bits per heavy atom. The highest BCUT2D eigenvalue weighted by atomic mass is 19.1. The lowest BCUT2D eigenvalue weighted by Crippen LogP contribution is -2.47. The Morgan fingerprint density at radius 1 is 1.38 bits per heavy atom. The van der Waals surface area contributed by atoms with Crippen LogP contribution in [0.25, 0.3) is 0 Å². The van der Waals surface area contributed by atoms with Gasteiger partial charge in [0.05, 0.1) is 25.0 Å². The molecule has 0 radical (unpaired) electrons.